The zero-order valence-corrected chi connectivity index (χ0v) is 22.1. The first kappa shape index (κ1) is 29.1. The maximum Gasteiger partial charge on any atom is 0.407 e. The van der Waals surface area contributed by atoms with Gasteiger partial charge in [-0.25, -0.2) is 14.4 Å². The molecule has 0 bridgehead atoms. The van der Waals surface area contributed by atoms with Crippen molar-refractivity contribution in [2.24, 2.45) is 5.11 Å². The maximum absolute atomic E-state index is 13.2. The number of rotatable bonds is 10. The molecular formula is C29H28N4O8. The Morgan fingerprint density at radius 1 is 0.854 bits per heavy atom. The smallest absolute Gasteiger partial charge is 0.407 e. The highest BCUT2D eigenvalue weighted by Gasteiger charge is 2.51. The number of azide groups is 1. The van der Waals surface area contributed by atoms with Gasteiger partial charge in [-0.2, -0.15) is 0 Å². The average molecular weight is 561 g/mol. The average Bonchev–Trinajstić information content (AvgIpc) is 3.02. The van der Waals surface area contributed by atoms with Crippen molar-refractivity contribution in [2.75, 3.05) is 13.7 Å². The number of alkyl carbamates (subject to hydrolysis) is 1. The quantitative estimate of drug-likeness (QED) is 0.125. The number of carbonyl (C=O) groups is 3. The van der Waals surface area contributed by atoms with Crippen LogP contribution in [0.25, 0.3) is 10.4 Å². The molecule has 1 N–H and O–H groups in total. The Morgan fingerprint density at radius 3 is 1.93 bits per heavy atom. The summed E-state index contributed by atoms with van der Waals surface area (Å²) in [6, 6.07) is 24.1. The minimum absolute atomic E-state index is 0.0295. The SMILES string of the molecule is CO[C@H]1O[C@H](CN=[N+]=[N-])[C@@H](OC(=O)c2ccccc2)[C@H](OC(=O)c2ccccc2)[C@@H]1NC(=O)OCc1ccccc1. The Kier molecular flexibility index (Phi) is 10.3. The summed E-state index contributed by atoms with van der Waals surface area (Å²) in [4.78, 5) is 42.0. The van der Waals surface area contributed by atoms with E-state index in [1.54, 1.807) is 84.9 Å². The van der Waals surface area contributed by atoms with Crippen LogP contribution in [0.5, 0.6) is 0 Å². The van der Waals surface area contributed by atoms with E-state index in [1.165, 1.54) is 7.11 Å². The van der Waals surface area contributed by atoms with Gasteiger partial charge < -0.3 is 29.0 Å². The van der Waals surface area contributed by atoms with E-state index in [0.717, 1.165) is 5.56 Å². The zero-order chi connectivity index (χ0) is 29.0. The molecule has 12 heteroatoms. The number of benzene rings is 3. The molecular weight excluding hydrogens is 532 g/mol. The molecule has 1 aliphatic heterocycles. The van der Waals surface area contributed by atoms with Gasteiger partial charge in [0, 0.05) is 12.0 Å². The molecule has 212 valence electrons. The standard InChI is InChI=1S/C29H28N4O8/c1-37-28-23(32-29(36)38-18-19-11-5-2-6-12-19)25(41-27(35)21-15-9-4-10-16-21)24(22(39-28)17-31-33-30)40-26(34)20-13-7-3-8-14-20/h2-16,22-25,28H,17-18H2,1H3,(H,32,36)/t22-,23+,24-,25-,28+/m1/s1. The fourth-order valence-corrected chi connectivity index (χ4v) is 4.24. The van der Waals surface area contributed by atoms with Gasteiger partial charge in [0.15, 0.2) is 18.5 Å². The molecule has 1 aliphatic rings. The van der Waals surface area contributed by atoms with Gasteiger partial charge in [-0.3, -0.25) is 0 Å². The molecule has 0 saturated carbocycles. The first-order chi connectivity index (χ1) is 20.0. The number of nitrogens with one attached hydrogen (secondary N) is 1. The predicted molar refractivity (Wildman–Crippen MR) is 145 cm³/mol. The summed E-state index contributed by atoms with van der Waals surface area (Å²) in [6.45, 7) is -0.314. The largest absolute Gasteiger partial charge is 0.452 e. The Morgan fingerprint density at radius 2 is 1.39 bits per heavy atom. The number of esters is 2. The van der Waals surface area contributed by atoms with Crippen LogP contribution in [0.4, 0.5) is 4.79 Å². The van der Waals surface area contributed by atoms with E-state index in [9.17, 15) is 14.4 Å². The van der Waals surface area contributed by atoms with Crippen LogP contribution in [0.2, 0.25) is 0 Å². The second kappa shape index (κ2) is 14.5. The number of nitrogens with zero attached hydrogens (tertiary/aromatic N) is 3. The third-order valence-electron chi connectivity index (χ3n) is 6.21. The molecule has 12 nitrogen and oxygen atoms in total. The second-order valence-electron chi connectivity index (χ2n) is 8.90. The van der Waals surface area contributed by atoms with Crippen LogP contribution in [0.3, 0.4) is 0 Å². The number of hydrogen-bond donors (Lipinski definition) is 1. The van der Waals surface area contributed by atoms with Gasteiger partial charge in [0.1, 0.15) is 18.8 Å². The van der Waals surface area contributed by atoms with Gasteiger partial charge in [0.2, 0.25) is 0 Å². The molecule has 3 aromatic carbocycles. The van der Waals surface area contributed by atoms with Crippen LogP contribution < -0.4 is 5.32 Å². The van der Waals surface area contributed by atoms with Gasteiger partial charge in [-0.05, 0) is 35.4 Å². The van der Waals surface area contributed by atoms with Gasteiger partial charge in [0.25, 0.3) is 0 Å². The number of hydrogen-bond acceptors (Lipinski definition) is 9. The molecule has 0 spiro atoms. The van der Waals surface area contributed by atoms with E-state index in [1.807, 2.05) is 6.07 Å². The summed E-state index contributed by atoms with van der Waals surface area (Å²) < 4.78 is 28.5. The predicted octanol–water partition coefficient (Wildman–Crippen LogP) is 4.41. The number of ether oxygens (including phenoxy) is 5. The lowest BCUT2D eigenvalue weighted by Gasteiger charge is -2.44. The molecule has 1 amide bonds. The minimum atomic E-state index is -1.34. The first-order valence-electron chi connectivity index (χ1n) is 12.7. The van der Waals surface area contributed by atoms with Crippen LogP contribution >= 0.6 is 0 Å². The zero-order valence-electron chi connectivity index (χ0n) is 22.1. The lowest BCUT2D eigenvalue weighted by Crippen LogP contribution is -2.66. The van der Waals surface area contributed by atoms with Crippen LogP contribution in [0.15, 0.2) is 96.1 Å². The third-order valence-corrected chi connectivity index (χ3v) is 6.21. The van der Waals surface area contributed by atoms with E-state index in [4.69, 9.17) is 29.2 Å². The van der Waals surface area contributed by atoms with Crippen LogP contribution in [0.1, 0.15) is 26.3 Å². The lowest BCUT2D eigenvalue weighted by atomic mass is 9.95. The normalized spacial score (nSPS) is 21.5. The Balaban J connectivity index is 1.65. The highest BCUT2D eigenvalue weighted by molar-refractivity contribution is 5.90. The Labute approximate surface area is 235 Å². The summed E-state index contributed by atoms with van der Waals surface area (Å²) >= 11 is 0. The van der Waals surface area contributed by atoms with E-state index in [-0.39, 0.29) is 24.3 Å². The molecule has 0 radical (unpaired) electrons. The summed E-state index contributed by atoms with van der Waals surface area (Å²) in [7, 11) is 1.33. The monoisotopic (exact) mass is 560 g/mol. The minimum Gasteiger partial charge on any atom is -0.452 e. The van der Waals surface area contributed by atoms with Crippen LogP contribution in [-0.4, -0.2) is 62.3 Å². The fourth-order valence-electron chi connectivity index (χ4n) is 4.24. The van der Waals surface area contributed by atoms with Gasteiger partial charge >= 0.3 is 18.0 Å². The molecule has 0 aliphatic carbocycles. The third kappa shape index (κ3) is 7.83. The van der Waals surface area contributed by atoms with E-state index < -0.39 is 48.7 Å². The van der Waals surface area contributed by atoms with E-state index in [2.05, 4.69) is 15.3 Å². The number of methoxy groups -OCH3 is 1. The summed E-state index contributed by atoms with van der Waals surface area (Å²) in [5.41, 5.74) is 10.2. The van der Waals surface area contributed by atoms with Crippen molar-refractivity contribution in [2.45, 2.75) is 37.3 Å². The molecule has 41 heavy (non-hydrogen) atoms. The first-order valence-corrected chi connectivity index (χ1v) is 12.7. The Hall–Kier alpha value is -4.90. The fraction of sp³-hybridized carbons (Fsp3) is 0.276. The summed E-state index contributed by atoms with van der Waals surface area (Å²) in [6.07, 6.45) is -5.79. The van der Waals surface area contributed by atoms with Gasteiger partial charge in [0.05, 0.1) is 17.7 Å². The maximum atomic E-state index is 13.2. The van der Waals surface area contributed by atoms with Gasteiger partial charge in [-0.1, -0.05) is 71.8 Å². The molecule has 3 aromatic rings. The van der Waals surface area contributed by atoms with Gasteiger partial charge in [-0.15, -0.1) is 0 Å². The highest BCUT2D eigenvalue weighted by Crippen LogP contribution is 2.29. The van der Waals surface area contributed by atoms with Crippen molar-refractivity contribution in [3.8, 4) is 0 Å². The molecule has 1 fully saturated rings. The van der Waals surface area contributed by atoms with Crippen molar-refractivity contribution in [3.05, 3.63) is 118 Å². The Bertz CT molecular complexity index is 1350. The van der Waals surface area contributed by atoms with E-state index in [0.29, 0.717) is 0 Å². The lowest BCUT2D eigenvalue weighted by molar-refractivity contribution is -0.252. The second-order valence-corrected chi connectivity index (χ2v) is 8.90. The molecule has 1 saturated heterocycles. The van der Waals surface area contributed by atoms with E-state index >= 15 is 0 Å². The molecule has 4 rings (SSSR count). The number of carbonyl (C=O) groups excluding carboxylic acids is 3. The van der Waals surface area contributed by atoms with Crippen molar-refractivity contribution >= 4 is 18.0 Å². The van der Waals surface area contributed by atoms with Crippen LogP contribution in [-0.2, 0) is 30.3 Å². The molecule has 0 aromatic heterocycles. The molecule has 5 atom stereocenters. The molecule has 0 unspecified atom stereocenters. The summed E-state index contributed by atoms with van der Waals surface area (Å²) in [5, 5.41) is 6.21. The van der Waals surface area contributed by atoms with Crippen molar-refractivity contribution in [1.29, 1.82) is 0 Å². The van der Waals surface area contributed by atoms with Crippen LogP contribution in [0, 0.1) is 0 Å². The molecule has 1 heterocycles. The van der Waals surface area contributed by atoms with Crippen molar-refractivity contribution < 1.29 is 38.1 Å². The van der Waals surface area contributed by atoms with Crippen molar-refractivity contribution in [1.82, 2.24) is 5.32 Å². The number of amides is 1. The highest BCUT2D eigenvalue weighted by atomic mass is 16.7. The van der Waals surface area contributed by atoms with Crippen molar-refractivity contribution in [3.63, 3.8) is 0 Å². The topological polar surface area (TPSA) is 158 Å². The summed E-state index contributed by atoms with van der Waals surface area (Å²) in [5.74, 6) is -1.49.